The van der Waals surface area contributed by atoms with Gasteiger partial charge in [0.1, 0.15) is 5.75 Å². The first-order valence-corrected chi connectivity index (χ1v) is 9.33. The monoisotopic (exact) mass is 443 g/mol. The molecule has 0 saturated carbocycles. The van der Waals surface area contributed by atoms with Gasteiger partial charge in [-0.25, -0.2) is 9.59 Å². The van der Waals surface area contributed by atoms with Crippen LogP contribution >= 0.6 is 11.6 Å². The van der Waals surface area contributed by atoms with Gasteiger partial charge >= 0.3 is 18.4 Å². The molecule has 0 radical (unpaired) electrons. The van der Waals surface area contributed by atoms with E-state index in [1.165, 1.54) is 36.4 Å². The van der Waals surface area contributed by atoms with Crippen LogP contribution in [0.5, 0.6) is 5.75 Å². The quantitative estimate of drug-likeness (QED) is 0.665. The molecule has 1 aliphatic heterocycles. The molecule has 0 spiro atoms. The van der Waals surface area contributed by atoms with Gasteiger partial charge in [0.25, 0.3) is 0 Å². The van der Waals surface area contributed by atoms with E-state index in [4.69, 9.17) is 11.6 Å². The zero-order valence-electron chi connectivity index (χ0n) is 15.4. The molecule has 1 aliphatic rings. The van der Waals surface area contributed by atoms with Crippen molar-refractivity contribution in [1.82, 2.24) is 4.90 Å². The number of ether oxygens (including phenoxy) is 1. The highest BCUT2D eigenvalue weighted by Crippen LogP contribution is 2.43. The van der Waals surface area contributed by atoms with Gasteiger partial charge in [-0.1, -0.05) is 41.9 Å². The molecule has 1 amide bonds. The lowest BCUT2D eigenvalue weighted by Gasteiger charge is -2.42. The number of alkyl halides is 3. The lowest BCUT2D eigenvalue weighted by atomic mass is 9.80. The molecule has 2 aromatic rings. The highest BCUT2D eigenvalue weighted by Gasteiger charge is 2.50. The van der Waals surface area contributed by atoms with Crippen LogP contribution in [0.15, 0.2) is 42.5 Å². The number of piperidine rings is 1. The maximum atomic E-state index is 12.7. The smallest absolute Gasteiger partial charge is 0.479 e. The fraction of sp³-hybridized carbons (Fsp3) is 0.300. The topological polar surface area (TPSA) is 87.1 Å². The average Bonchev–Trinajstić information content (AvgIpc) is 2.67. The predicted octanol–water partition coefficient (Wildman–Crippen LogP) is 5.35. The van der Waals surface area contributed by atoms with Crippen molar-refractivity contribution in [1.29, 1.82) is 0 Å². The molecule has 0 aliphatic carbocycles. The van der Waals surface area contributed by atoms with Gasteiger partial charge in [0.05, 0.1) is 0 Å². The minimum Gasteiger partial charge on any atom is -0.479 e. The lowest BCUT2D eigenvalue weighted by Crippen LogP contribution is -2.56. The summed E-state index contributed by atoms with van der Waals surface area (Å²) in [6.07, 6.45) is -5.20. The normalized spacial score (nSPS) is 19.4. The number of hydrogen-bond acceptors (Lipinski definition) is 3. The Morgan fingerprint density at radius 3 is 2.37 bits per heavy atom. The van der Waals surface area contributed by atoms with E-state index in [1.54, 1.807) is 0 Å². The van der Waals surface area contributed by atoms with E-state index in [-0.39, 0.29) is 34.7 Å². The van der Waals surface area contributed by atoms with Crippen LogP contribution in [0, 0.1) is 0 Å². The van der Waals surface area contributed by atoms with Crippen molar-refractivity contribution in [3.8, 4) is 16.9 Å². The zero-order chi connectivity index (χ0) is 22.1. The van der Waals surface area contributed by atoms with Crippen molar-refractivity contribution in [2.24, 2.45) is 0 Å². The summed E-state index contributed by atoms with van der Waals surface area (Å²) >= 11 is 6.32. The number of aliphatic carboxylic acids is 1. The van der Waals surface area contributed by atoms with Crippen LogP contribution in [-0.4, -0.2) is 40.1 Å². The van der Waals surface area contributed by atoms with Crippen molar-refractivity contribution in [2.75, 3.05) is 6.54 Å². The van der Waals surface area contributed by atoms with Gasteiger partial charge in [0.15, 0.2) is 5.54 Å². The molecular formula is C20H17ClF3NO5. The molecule has 160 valence electrons. The lowest BCUT2D eigenvalue weighted by molar-refractivity contribution is -0.274. The first kappa shape index (κ1) is 21.8. The maximum Gasteiger partial charge on any atom is 0.573 e. The molecule has 0 bridgehead atoms. The molecule has 1 atom stereocenters. The molecule has 2 aromatic carbocycles. The number of para-hydroxylation sites is 1. The summed E-state index contributed by atoms with van der Waals surface area (Å²) in [4.78, 5) is 24.7. The fourth-order valence-electron chi connectivity index (χ4n) is 3.78. The van der Waals surface area contributed by atoms with Gasteiger partial charge in [-0.05, 0) is 37.0 Å². The van der Waals surface area contributed by atoms with Crippen molar-refractivity contribution in [3.05, 3.63) is 53.1 Å². The molecule has 0 aromatic heterocycles. The van der Waals surface area contributed by atoms with Crippen molar-refractivity contribution >= 4 is 23.7 Å². The first-order valence-electron chi connectivity index (χ1n) is 8.95. The second kappa shape index (κ2) is 8.06. The molecule has 2 N–H and O–H groups in total. The van der Waals surface area contributed by atoms with Gasteiger partial charge in [0.2, 0.25) is 0 Å². The number of carboxylic acids is 1. The third kappa shape index (κ3) is 4.02. The van der Waals surface area contributed by atoms with E-state index in [0.29, 0.717) is 12.8 Å². The molecule has 1 saturated heterocycles. The summed E-state index contributed by atoms with van der Waals surface area (Å²) in [5, 5.41) is 19.4. The maximum absolute atomic E-state index is 12.7. The largest absolute Gasteiger partial charge is 0.573 e. The molecule has 1 fully saturated rings. The third-order valence-corrected chi connectivity index (χ3v) is 5.38. The number of rotatable bonds is 4. The second-order valence-electron chi connectivity index (χ2n) is 6.80. The minimum absolute atomic E-state index is 0.0257. The minimum atomic E-state index is -4.90. The number of carboxylic acid groups (broad SMARTS) is 2. The van der Waals surface area contributed by atoms with E-state index in [2.05, 4.69) is 4.74 Å². The molecule has 1 unspecified atom stereocenters. The Balaban J connectivity index is 2.10. The Labute approximate surface area is 174 Å². The Morgan fingerprint density at radius 2 is 1.77 bits per heavy atom. The molecular weight excluding hydrogens is 427 g/mol. The Morgan fingerprint density at radius 1 is 1.07 bits per heavy atom. The SMILES string of the molecule is O=C(O)N1CCCCC1(C(=O)O)c1ccc(-c2ccccc2OC(F)(F)F)c(Cl)c1. The van der Waals surface area contributed by atoms with E-state index in [1.807, 2.05) is 0 Å². The van der Waals surface area contributed by atoms with E-state index >= 15 is 0 Å². The second-order valence-corrected chi connectivity index (χ2v) is 7.20. The van der Waals surface area contributed by atoms with Gasteiger partial charge in [-0.3, -0.25) is 4.90 Å². The molecule has 3 rings (SSSR count). The van der Waals surface area contributed by atoms with Crippen LogP contribution in [0.25, 0.3) is 11.1 Å². The fourth-order valence-corrected chi connectivity index (χ4v) is 4.06. The Bertz CT molecular complexity index is 981. The van der Waals surface area contributed by atoms with Gasteiger partial charge in [0, 0.05) is 22.7 Å². The summed E-state index contributed by atoms with van der Waals surface area (Å²) < 4.78 is 42.2. The third-order valence-electron chi connectivity index (χ3n) is 5.07. The summed E-state index contributed by atoms with van der Waals surface area (Å²) in [5.41, 5.74) is -1.43. The number of likely N-dealkylation sites (tertiary alicyclic amines) is 1. The van der Waals surface area contributed by atoms with Crippen molar-refractivity contribution < 1.29 is 37.7 Å². The Hall–Kier alpha value is -2.94. The van der Waals surface area contributed by atoms with Crippen molar-refractivity contribution in [3.63, 3.8) is 0 Å². The highest BCUT2D eigenvalue weighted by molar-refractivity contribution is 6.33. The van der Waals surface area contributed by atoms with Crippen LogP contribution in [0.2, 0.25) is 5.02 Å². The molecule has 1 heterocycles. The Kier molecular flexibility index (Phi) is 5.85. The molecule has 6 nitrogen and oxygen atoms in total. The number of carbonyl (C=O) groups is 2. The summed E-state index contributed by atoms with van der Waals surface area (Å²) in [7, 11) is 0. The number of benzene rings is 2. The van der Waals surface area contributed by atoms with Crippen LogP contribution in [0.4, 0.5) is 18.0 Å². The summed E-state index contributed by atoms with van der Waals surface area (Å²) in [6, 6.07) is 9.44. The van der Waals surface area contributed by atoms with E-state index < -0.39 is 29.7 Å². The van der Waals surface area contributed by atoms with E-state index in [0.717, 1.165) is 11.0 Å². The van der Waals surface area contributed by atoms with Gasteiger partial charge < -0.3 is 14.9 Å². The number of amides is 1. The highest BCUT2D eigenvalue weighted by atomic mass is 35.5. The number of halogens is 4. The van der Waals surface area contributed by atoms with Crippen LogP contribution in [0.3, 0.4) is 0 Å². The zero-order valence-corrected chi connectivity index (χ0v) is 16.2. The van der Waals surface area contributed by atoms with Crippen LogP contribution < -0.4 is 4.74 Å². The van der Waals surface area contributed by atoms with Crippen LogP contribution in [-0.2, 0) is 10.3 Å². The van der Waals surface area contributed by atoms with Crippen LogP contribution in [0.1, 0.15) is 24.8 Å². The number of hydrogen-bond donors (Lipinski definition) is 2. The molecule has 30 heavy (non-hydrogen) atoms. The first-order chi connectivity index (χ1) is 14.1. The summed E-state index contributed by atoms with van der Waals surface area (Å²) in [6.45, 7) is 0.0449. The van der Waals surface area contributed by atoms with Gasteiger partial charge in [-0.2, -0.15) is 0 Å². The predicted molar refractivity (Wildman–Crippen MR) is 101 cm³/mol. The number of nitrogens with zero attached hydrogens (tertiary/aromatic N) is 1. The molecule has 10 heteroatoms. The standard InChI is InChI=1S/C20H17ClF3NO5/c21-15-11-12(19(17(26)27)9-3-4-10-25(19)18(28)29)7-8-13(15)14-5-1-2-6-16(14)30-20(22,23)24/h1-2,5-8,11H,3-4,9-10H2,(H,26,27)(H,28,29). The average molecular weight is 444 g/mol. The van der Waals surface area contributed by atoms with Gasteiger partial charge in [-0.15, -0.1) is 13.2 Å². The van der Waals surface area contributed by atoms with E-state index in [9.17, 15) is 33.0 Å². The van der Waals surface area contributed by atoms with Crippen molar-refractivity contribution in [2.45, 2.75) is 31.2 Å². The summed E-state index contributed by atoms with van der Waals surface area (Å²) in [5.74, 6) is -1.80.